The van der Waals surface area contributed by atoms with Gasteiger partial charge >= 0.3 is 5.69 Å². The lowest BCUT2D eigenvalue weighted by Gasteiger charge is -2.20. The van der Waals surface area contributed by atoms with E-state index in [1.165, 1.54) is 16.5 Å². The molecule has 1 fully saturated rings. The van der Waals surface area contributed by atoms with Crippen LogP contribution in [0, 0.1) is 5.92 Å². The van der Waals surface area contributed by atoms with Gasteiger partial charge in [0.1, 0.15) is 5.82 Å². The van der Waals surface area contributed by atoms with Crippen molar-refractivity contribution in [2.45, 2.75) is 39.2 Å². The fraction of sp³-hybridized carbons (Fsp3) is 0.615. The molecular formula is C13H20N4O3. The number of nitrogen functional groups attached to an aromatic ring is 1. The zero-order valence-electron chi connectivity index (χ0n) is 11.8. The van der Waals surface area contributed by atoms with Gasteiger partial charge in [-0.25, -0.2) is 4.79 Å². The lowest BCUT2D eigenvalue weighted by Crippen LogP contribution is -2.39. The molecule has 1 aliphatic rings. The van der Waals surface area contributed by atoms with Gasteiger partial charge in [-0.15, -0.1) is 0 Å². The number of hydrogen-bond donors (Lipinski definition) is 2. The molecule has 110 valence electrons. The molecule has 1 aromatic heterocycles. The largest absolute Gasteiger partial charge is 0.383 e. The molecule has 1 saturated carbocycles. The van der Waals surface area contributed by atoms with Crippen LogP contribution >= 0.6 is 0 Å². The molecule has 0 spiro atoms. The second-order valence-electron chi connectivity index (χ2n) is 5.17. The van der Waals surface area contributed by atoms with Gasteiger partial charge < -0.3 is 10.6 Å². The quantitative estimate of drug-likeness (QED) is 0.809. The van der Waals surface area contributed by atoms with Crippen LogP contribution in [0.5, 0.6) is 0 Å². The van der Waals surface area contributed by atoms with Crippen molar-refractivity contribution in [1.82, 2.24) is 9.55 Å². The molecule has 0 unspecified atom stereocenters. The first-order valence-corrected chi connectivity index (χ1v) is 6.87. The fourth-order valence-corrected chi connectivity index (χ4v) is 2.15. The molecular weight excluding hydrogens is 260 g/mol. The Bertz CT molecular complexity index is 627. The number of amides is 1. The Balaban J connectivity index is 2.43. The smallest absolute Gasteiger partial charge is 0.330 e. The molecule has 0 bridgehead atoms. The predicted molar refractivity (Wildman–Crippen MR) is 76.8 cm³/mol. The van der Waals surface area contributed by atoms with Gasteiger partial charge in [0.05, 0.1) is 0 Å². The summed E-state index contributed by atoms with van der Waals surface area (Å²) in [5, 5.41) is 0. The van der Waals surface area contributed by atoms with Crippen LogP contribution < -0.4 is 21.9 Å². The van der Waals surface area contributed by atoms with E-state index in [1.54, 1.807) is 0 Å². The number of hydrogen-bond acceptors (Lipinski definition) is 4. The van der Waals surface area contributed by atoms with E-state index in [1.807, 2.05) is 6.92 Å². The summed E-state index contributed by atoms with van der Waals surface area (Å²) in [5.74, 6) is -0.0820. The Hall–Kier alpha value is -2.05. The predicted octanol–water partition coefficient (Wildman–Crippen LogP) is 0.292. The molecule has 1 amide bonds. The molecule has 7 heteroatoms. The van der Waals surface area contributed by atoms with Gasteiger partial charge in [0.25, 0.3) is 5.56 Å². The summed E-state index contributed by atoms with van der Waals surface area (Å²) in [6.07, 6.45) is 3.36. The molecule has 0 aliphatic heterocycles. The minimum absolute atomic E-state index is 0.0187. The van der Waals surface area contributed by atoms with Gasteiger partial charge in [0, 0.05) is 19.5 Å². The van der Waals surface area contributed by atoms with Gasteiger partial charge in [-0.05, 0) is 19.3 Å². The normalized spacial score (nSPS) is 14.3. The zero-order chi connectivity index (χ0) is 14.9. The highest BCUT2D eigenvalue weighted by Gasteiger charge is 2.34. The standard InChI is InChI=1S/C13H20N4O3/c1-3-4-7-17-10(14)9(11(18)15-13(17)20)16(2)12(19)8-5-6-8/h8H,3-7,14H2,1-2H3,(H,15,18,20). The number of unbranched alkanes of at least 4 members (excludes halogenated alkanes) is 1. The summed E-state index contributed by atoms with van der Waals surface area (Å²) in [5.41, 5.74) is 4.86. The number of H-pyrrole nitrogens is 1. The van der Waals surface area contributed by atoms with E-state index in [0.717, 1.165) is 25.7 Å². The lowest BCUT2D eigenvalue weighted by atomic mass is 10.3. The van der Waals surface area contributed by atoms with E-state index in [9.17, 15) is 14.4 Å². The number of carbonyl (C=O) groups excluding carboxylic acids is 1. The van der Waals surface area contributed by atoms with E-state index in [-0.39, 0.29) is 23.3 Å². The van der Waals surface area contributed by atoms with Crippen LogP contribution in [0.25, 0.3) is 0 Å². The minimum Gasteiger partial charge on any atom is -0.383 e. The molecule has 2 rings (SSSR count). The molecule has 3 N–H and O–H groups in total. The third kappa shape index (κ3) is 2.61. The lowest BCUT2D eigenvalue weighted by molar-refractivity contribution is -0.119. The highest BCUT2D eigenvalue weighted by molar-refractivity contribution is 5.97. The number of nitrogens with zero attached hydrogens (tertiary/aromatic N) is 2. The second kappa shape index (κ2) is 5.52. The van der Waals surface area contributed by atoms with Crippen LogP contribution in [-0.4, -0.2) is 22.5 Å². The second-order valence-corrected chi connectivity index (χ2v) is 5.17. The first-order chi connectivity index (χ1) is 9.47. The van der Waals surface area contributed by atoms with Crippen molar-refractivity contribution in [3.8, 4) is 0 Å². The van der Waals surface area contributed by atoms with Crippen LogP contribution in [0.2, 0.25) is 0 Å². The van der Waals surface area contributed by atoms with Crippen LogP contribution in [-0.2, 0) is 11.3 Å². The maximum atomic E-state index is 12.1. The van der Waals surface area contributed by atoms with Crippen molar-refractivity contribution in [2.24, 2.45) is 5.92 Å². The van der Waals surface area contributed by atoms with Crippen molar-refractivity contribution in [1.29, 1.82) is 0 Å². The highest BCUT2D eigenvalue weighted by Crippen LogP contribution is 2.32. The number of anilines is 2. The molecule has 0 atom stereocenters. The maximum absolute atomic E-state index is 12.1. The van der Waals surface area contributed by atoms with Crippen molar-refractivity contribution in [2.75, 3.05) is 17.7 Å². The minimum atomic E-state index is -0.614. The average molecular weight is 280 g/mol. The first-order valence-electron chi connectivity index (χ1n) is 6.87. The third-order valence-corrected chi connectivity index (χ3v) is 3.54. The van der Waals surface area contributed by atoms with Crippen molar-refractivity contribution in [3.63, 3.8) is 0 Å². The number of nitrogens with two attached hydrogens (primary N) is 1. The van der Waals surface area contributed by atoms with Gasteiger partial charge in [0.15, 0.2) is 5.69 Å². The molecule has 1 aliphatic carbocycles. The van der Waals surface area contributed by atoms with E-state index in [4.69, 9.17) is 5.73 Å². The maximum Gasteiger partial charge on any atom is 0.330 e. The Kier molecular flexibility index (Phi) is 3.96. The molecule has 0 aromatic carbocycles. The van der Waals surface area contributed by atoms with E-state index >= 15 is 0 Å². The topological polar surface area (TPSA) is 101 Å². The third-order valence-electron chi connectivity index (χ3n) is 3.54. The summed E-state index contributed by atoms with van der Waals surface area (Å²) in [4.78, 5) is 39.3. The van der Waals surface area contributed by atoms with Gasteiger partial charge in [-0.1, -0.05) is 13.3 Å². The Morgan fingerprint density at radius 3 is 2.65 bits per heavy atom. The Morgan fingerprint density at radius 2 is 2.10 bits per heavy atom. The molecule has 0 saturated heterocycles. The van der Waals surface area contributed by atoms with E-state index < -0.39 is 11.2 Å². The van der Waals surface area contributed by atoms with Crippen LogP contribution in [0.3, 0.4) is 0 Å². The summed E-state index contributed by atoms with van der Waals surface area (Å²) in [6, 6.07) is 0. The number of aromatic nitrogens is 2. The summed E-state index contributed by atoms with van der Waals surface area (Å²) in [7, 11) is 1.52. The van der Waals surface area contributed by atoms with Crippen LogP contribution in [0.15, 0.2) is 9.59 Å². The highest BCUT2D eigenvalue weighted by atomic mass is 16.2. The molecule has 1 heterocycles. The monoisotopic (exact) mass is 280 g/mol. The van der Waals surface area contributed by atoms with Gasteiger partial charge in [-0.3, -0.25) is 19.1 Å². The van der Waals surface area contributed by atoms with Crippen molar-refractivity contribution >= 4 is 17.4 Å². The van der Waals surface area contributed by atoms with Crippen LogP contribution in [0.4, 0.5) is 11.5 Å². The Labute approximate surface area is 116 Å². The Morgan fingerprint density at radius 1 is 1.45 bits per heavy atom. The van der Waals surface area contributed by atoms with Crippen LogP contribution in [0.1, 0.15) is 32.6 Å². The fourth-order valence-electron chi connectivity index (χ4n) is 2.15. The molecule has 7 nitrogen and oxygen atoms in total. The summed E-state index contributed by atoms with van der Waals surface area (Å²) in [6.45, 7) is 2.42. The SMILES string of the molecule is CCCCn1c(N)c(N(C)C(=O)C2CC2)c(=O)[nH]c1=O. The molecule has 1 aromatic rings. The molecule has 0 radical (unpaired) electrons. The van der Waals surface area contributed by atoms with E-state index in [0.29, 0.717) is 6.54 Å². The zero-order valence-corrected chi connectivity index (χ0v) is 11.8. The number of aromatic amines is 1. The molecule has 20 heavy (non-hydrogen) atoms. The summed E-state index contributed by atoms with van der Waals surface area (Å²) >= 11 is 0. The van der Waals surface area contributed by atoms with Crippen molar-refractivity contribution in [3.05, 3.63) is 20.8 Å². The first kappa shape index (κ1) is 14.4. The van der Waals surface area contributed by atoms with Gasteiger partial charge in [0.2, 0.25) is 5.91 Å². The van der Waals surface area contributed by atoms with Gasteiger partial charge in [-0.2, -0.15) is 0 Å². The number of carbonyl (C=O) groups is 1. The number of nitrogens with one attached hydrogen (secondary N) is 1. The summed E-state index contributed by atoms with van der Waals surface area (Å²) < 4.78 is 1.32. The number of rotatable bonds is 5. The average Bonchev–Trinajstić information content (AvgIpc) is 3.21. The van der Waals surface area contributed by atoms with E-state index in [2.05, 4.69) is 4.98 Å². The van der Waals surface area contributed by atoms with Crippen molar-refractivity contribution < 1.29 is 4.79 Å².